The minimum atomic E-state index is -0.444. The number of carbonyl (C=O) groups excluding carboxylic acids is 1. The quantitative estimate of drug-likeness (QED) is 0.416. The van der Waals surface area contributed by atoms with Crippen LogP contribution < -0.4 is 16.2 Å². The molecule has 0 atom stereocenters. The second kappa shape index (κ2) is 8.79. The minimum absolute atomic E-state index is 0.193. The van der Waals surface area contributed by atoms with Crippen LogP contribution in [0.15, 0.2) is 71.5 Å². The Morgan fingerprint density at radius 1 is 0.935 bits per heavy atom. The van der Waals surface area contributed by atoms with Crippen LogP contribution in [-0.4, -0.2) is 15.6 Å². The van der Waals surface area contributed by atoms with Gasteiger partial charge in [-0.1, -0.05) is 41.4 Å². The highest BCUT2D eigenvalue weighted by atomic mass is 35.5. The van der Waals surface area contributed by atoms with Gasteiger partial charge in [-0.25, -0.2) is 9.78 Å². The van der Waals surface area contributed by atoms with Crippen LogP contribution in [0.25, 0.3) is 10.9 Å². The summed E-state index contributed by atoms with van der Waals surface area (Å²) in [4.78, 5) is 30.0. The lowest BCUT2D eigenvalue weighted by molar-refractivity contribution is 0.262. The zero-order chi connectivity index (χ0) is 22.0. The minimum Gasteiger partial charge on any atom is -0.308 e. The highest BCUT2D eigenvalue weighted by Gasteiger charge is 2.11. The number of hydrogen-bond donors (Lipinski definition) is 2. The molecule has 0 saturated heterocycles. The average Bonchev–Trinajstić information content (AvgIpc) is 2.72. The van der Waals surface area contributed by atoms with Crippen LogP contribution in [0.3, 0.4) is 0 Å². The summed E-state index contributed by atoms with van der Waals surface area (Å²) in [5.41, 5.74) is 2.30. The van der Waals surface area contributed by atoms with Gasteiger partial charge in [0.05, 0.1) is 17.4 Å². The van der Waals surface area contributed by atoms with Crippen LogP contribution in [0.2, 0.25) is 10.0 Å². The third kappa shape index (κ3) is 4.87. The van der Waals surface area contributed by atoms with Gasteiger partial charge in [0.15, 0.2) is 0 Å². The molecule has 1 aromatic heterocycles. The molecule has 0 spiro atoms. The molecule has 0 aliphatic heterocycles. The standard InChI is InChI=1S/C23H18Cl2N4O2/c1-14-26-21-9-8-19(28-23(31)27-18-7-3-6-17(25)11-18)12-20(21)22(30)29(14)13-15-4-2-5-16(24)10-15/h2-12H,13H2,1H3,(H2,27,28,31). The van der Waals surface area contributed by atoms with E-state index < -0.39 is 6.03 Å². The van der Waals surface area contributed by atoms with Crippen LogP contribution in [0, 0.1) is 6.92 Å². The molecule has 3 aromatic carbocycles. The van der Waals surface area contributed by atoms with Crippen molar-refractivity contribution < 1.29 is 4.79 Å². The first-order valence-electron chi connectivity index (χ1n) is 9.48. The fourth-order valence-corrected chi connectivity index (χ4v) is 3.68. The summed E-state index contributed by atoms with van der Waals surface area (Å²) in [7, 11) is 0. The number of amides is 2. The summed E-state index contributed by atoms with van der Waals surface area (Å²) >= 11 is 12.0. The van der Waals surface area contributed by atoms with E-state index in [-0.39, 0.29) is 5.56 Å². The monoisotopic (exact) mass is 452 g/mol. The van der Waals surface area contributed by atoms with Gasteiger partial charge in [-0.05, 0) is 61.0 Å². The predicted molar refractivity (Wildman–Crippen MR) is 125 cm³/mol. The first-order valence-corrected chi connectivity index (χ1v) is 10.2. The number of aryl methyl sites for hydroxylation is 1. The van der Waals surface area contributed by atoms with Gasteiger partial charge in [-0.3, -0.25) is 9.36 Å². The number of nitrogens with zero attached hydrogens (tertiary/aromatic N) is 2. The number of carbonyl (C=O) groups is 1. The molecule has 6 nitrogen and oxygen atoms in total. The number of aromatic nitrogens is 2. The molecule has 1 heterocycles. The van der Waals surface area contributed by atoms with Crippen LogP contribution in [0.5, 0.6) is 0 Å². The van der Waals surface area contributed by atoms with Gasteiger partial charge in [0.25, 0.3) is 5.56 Å². The third-order valence-electron chi connectivity index (χ3n) is 4.72. The van der Waals surface area contributed by atoms with E-state index in [9.17, 15) is 9.59 Å². The fraction of sp³-hybridized carbons (Fsp3) is 0.0870. The number of hydrogen-bond acceptors (Lipinski definition) is 3. The molecule has 4 aromatic rings. The molecule has 31 heavy (non-hydrogen) atoms. The van der Waals surface area contributed by atoms with E-state index in [1.54, 1.807) is 60.0 Å². The van der Waals surface area contributed by atoms with Crippen molar-refractivity contribution in [1.29, 1.82) is 0 Å². The zero-order valence-corrected chi connectivity index (χ0v) is 18.0. The molecule has 0 radical (unpaired) electrons. The Labute approximate surface area is 188 Å². The maximum Gasteiger partial charge on any atom is 0.323 e. The molecule has 156 valence electrons. The SMILES string of the molecule is Cc1nc2ccc(NC(=O)Nc3cccc(Cl)c3)cc2c(=O)n1Cc1cccc(Cl)c1. The Morgan fingerprint density at radius 3 is 2.32 bits per heavy atom. The second-order valence-electron chi connectivity index (χ2n) is 7.00. The van der Waals surface area contributed by atoms with E-state index in [0.29, 0.717) is 44.7 Å². The molecule has 0 bridgehead atoms. The van der Waals surface area contributed by atoms with E-state index in [4.69, 9.17) is 23.2 Å². The first-order chi connectivity index (χ1) is 14.9. The van der Waals surface area contributed by atoms with Crippen molar-refractivity contribution in [2.75, 3.05) is 10.6 Å². The molecule has 0 saturated carbocycles. The van der Waals surface area contributed by atoms with Gasteiger partial charge in [-0.2, -0.15) is 0 Å². The lowest BCUT2D eigenvalue weighted by Gasteiger charge is -2.12. The molecule has 0 aliphatic carbocycles. The van der Waals surface area contributed by atoms with Crippen LogP contribution >= 0.6 is 23.2 Å². The summed E-state index contributed by atoms with van der Waals surface area (Å²) in [5, 5.41) is 6.98. The van der Waals surface area contributed by atoms with Crippen molar-refractivity contribution in [3.05, 3.63) is 98.5 Å². The van der Waals surface area contributed by atoms with Gasteiger partial charge in [0, 0.05) is 21.4 Å². The number of nitrogens with one attached hydrogen (secondary N) is 2. The maximum atomic E-state index is 13.2. The van der Waals surface area contributed by atoms with E-state index in [1.807, 2.05) is 18.2 Å². The summed E-state index contributed by atoms with van der Waals surface area (Å²) in [6.07, 6.45) is 0. The first kappa shape index (κ1) is 20.9. The highest BCUT2D eigenvalue weighted by molar-refractivity contribution is 6.31. The number of rotatable bonds is 4. The molecule has 8 heteroatoms. The summed E-state index contributed by atoms with van der Waals surface area (Å²) < 4.78 is 1.59. The Bertz CT molecular complexity index is 1350. The maximum absolute atomic E-state index is 13.2. The number of benzene rings is 3. The van der Waals surface area contributed by atoms with Crippen molar-refractivity contribution in [1.82, 2.24) is 9.55 Å². The van der Waals surface area contributed by atoms with E-state index >= 15 is 0 Å². The average molecular weight is 453 g/mol. The third-order valence-corrected chi connectivity index (χ3v) is 5.19. The van der Waals surface area contributed by atoms with Crippen molar-refractivity contribution in [2.45, 2.75) is 13.5 Å². The highest BCUT2D eigenvalue weighted by Crippen LogP contribution is 2.18. The molecule has 0 fully saturated rings. The number of urea groups is 1. The molecule has 4 rings (SSSR count). The van der Waals surface area contributed by atoms with Crippen molar-refractivity contribution >= 4 is 51.5 Å². The predicted octanol–water partition coefficient (Wildman–Crippen LogP) is 5.70. The Balaban J connectivity index is 1.61. The van der Waals surface area contributed by atoms with E-state index in [0.717, 1.165) is 5.56 Å². The Hall–Kier alpha value is -3.35. The number of fused-ring (bicyclic) bond motifs is 1. The topological polar surface area (TPSA) is 76.0 Å². The Morgan fingerprint density at radius 2 is 1.61 bits per heavy atom. The van der Waals surface area contributed by atoms with Gasteiger partial charge >= 0.3 is 6.03 Å². The lowest BCUT2D eigenvalue weighted by atomic mass is 10.2. The zero-order valence-electron chi connectivity index (χ0n) is 16.5. The molecule has 2 N–H and O–H groups in total. The van der Waals surface area contributed by atoms with Gasteiger partial charge in [-0.15, -0.1) is 0 Å². The van der Waals surface area contributed by atoms with Crippen molar-refractivity contribution in [3.63, 3.8) is 0 Å². The van der Waals surface area contributed by atoms with Gasteiger partial charge < -0.3 is 10.6 Å². The van der Waals surface area contributed by atoms with Gasteiger partial charge in [0.1, 0.15) is 5.82 Å². The van der Waals surface area contributed by atoms with Crippen LogP contribution in [-0.2, 0) is 6.54 Å². The van der Waals surface area contributed by atoms with Crippen molar-refractivity contribution in [2.24, 2.45) is 0 Å². The summed E-state index contributed by atoms with van der Waals surface area (Å²) in [6, 6.07) is 18.8. The normalized spacial score (nSPS) is 10.8. The number of anilines is 2. The lowest BCUT2D eigenvalue weighted by Crippen LogP contribution is -2.25. The molecule has 2 amide bonds. The molecular weight excluding hydrogens is 435 g/mol. The van der Waals surface area contributed by atoms with E-state index in [2.05, 4.69) is 15.6 Å². The largest absolute Gasteiger partial charge is 0.323 e. The smallest absolute Gasteiger partial charge is 0.308 e. The second-order valence-corrected chi connectivity index (χ2v) is 7.87. The van der Waals surface area contributed by atoms with Gasteiger partial charge in [0.2, 0.25) is 0 Å². The number of halogens is 2. The molecule has 0 aliphatic rings. The van der Waals surface area contributed by atoms with Crippen molar-refractivity contribution in [3.8, 4) is 0 Å². The summed E-state index contributed by atoms with van der Waals surface area (Å²) in [6.45, 7) is 2.14. The van der Waals surface area contributed by atoms with E-state index in [1.165, 1.54) is 0 Å². The fourth-order valence-electron chi connectivity index (χ4n) is 3.27. The molecule has 0 unspecified atom stereocenters. The van der Waals surface area contributed by atoms with Crippen LogP contribution in [0.4, 0.5) is 16.2 Å². The Kier molecular flexibility index (Phi) is 5.93. The summed E-state index contributed by atoms with van der Waals surface area (Å²) in [5.74, 6) is 0.594. The molecular formula is C23H18Cl2N4O2. The van der Waals surface area contributed by atoms with Crippen LogP contribution in [0.1, 0.15) is 11.4 Å².